The van der Waals surface area contributed by atoms with Crippen molar-refractivity contribution in [1.82, 2.24) is 0 Å². The summed E-state index contributed by atoms with van der Waals surface area (Å²) in [5.41, 5.74) is -0.788. The molecular weight excluding hydrogens is 292 g/mol. The molecule has 1 saturated heterocycles. The van der Waals surface area contributed by atoms with Crippen LogP contribution in [0.4, 0.5) is 0 Å². The fourth-order valence-corrected chi connectivity index (χ4v) is 5.95. The van der Waals surface area contributed by atoms with Gasteiger partial charge in [-0.25, -0.2) is 0 Å². The average Bonchev–Trinajstić information content (AvgIpc) is 2.42. The van der Waals surface area contributed by atoms with Crippen LogP contribution in [0.15, 0.2) is 0 Å². The minimum absolute atomic E-state index is 0.0131. The van der Waals surface area contributed by atoms with Crippen molar-refractivity contribution in [3.8, 4) is 0 Å². The van der Waals surface area contributed by atoms with Crippen molar-refractivity contribution in [3.63, 3.8) is 0 Å². The lowest BCUT2D eigenvalue weighted by Crippen LogP contribution is -2.67. The Morgan fingerprint density at radius 1 is 1.33 bits per heavy atom. The van der Waals surface area contributed by atoms with Gasteiger partial charge in [0, 0.05) is 17.9 Å². The molecule has 0 spiro atoms. The first-order valence-corrected chi connectivity index (χ1v) is 8.89. The van der Waals surface area contributed by atoms with Crippen LogP contribution >= 0.6 is 0 Å². The third kappa shape index (κ3) is 2.30. The van der Waals surface area contributed by atoms with Crippen LogP contribution in [0.5, 0.6) is 0 Å². The second kappa shape index (κ2) is 5.27. The Morgan fingerprint density at radius 3 is 2.71 bits per heavy atom. The summed E-state index contributed by atoms with van der Waals surface area (Å²) < 4.78 is 23.3. The van der Waals surface area contributed by atoms with E-state index in [0.717, 1.165) is 12.8 Å². The summed E-state index contributed by atoms with van der Waals surface area (Å²) in [5, 5.41) is 20.1. The summed E-state index contributed by atoms with van der Waals surface area (Å²) in [7, 11) is 0. The third-order valence-corrected chi connectivity index (χ3v) is 7.17. The van der Waals surface area contributed by atoms with Gasteiger partial charge in [-0.15, -0.1) is 0 Å². The number of aliphatic hydroxyl groups is 2. The zero-order chi connectivity index (χ0) is 15.4. The molecule has 0 amide bonds. The predicted octanol–water partition coefficient (Wildman–Crippen LogP) is 1.55. The largest absolute Gasteiger partial charge is 0.396 e. The van der Waals surface area contributed by atoms with Gasteiger partial charge in [0.1, 0.15) is 0 Å². The smallest absolute Gasteiger partial charge is 0.305 e. The number of hydrogen-bond donors (Lipinski definition) is 2. The monoisotopic (exact) mass is 318 g/mol. The van der Waals surface area contributed by atoms with Gasteiger partial charge < -0.3 is 10.2 Å². The Morgan fingerprint density at radius 2 is 2.05 bits per heavy atom. The molecule has 8 atom stereocenters. The molecule has 0 radical (unpaired) electrons. The van der Waals surface area contributed by atoms with E-state index in [4.69, 9.17) is 8.37 Å². The highest BCUT2D eigenvalue weighted by molar-refractivity contribution is 7.75. The van der Waals surface area contributed by atoms with Crippen molar-refractivity contribution >= 4 is 11.4 Å². The maximum atomic E-state index is 12.0. The third-order valence-electron chi connectivity index (χ3n) is 6.28. The van der Waals surface area contributed by atoms with E-state index in [-0.39, 0.29) is 42.0 Å². The molecule has 2 aliphatic carbocycles. The molecule has 0 aromatic heterocycles. The summed E-state index contributed by atoms with van der Waals surface area (Å²) in [6, 6.07) is 0. The van der Waals surface area contributed by atoms with Gasteiger partial charge in [-0.1, -0.05) is 13.8 Å². The van der Waals surface area contributed by atoms with Crippen LogP contribution < -0.4 is 0 Å². The van der Waals surface area contributed by atoms with Gasteiger partial charge in [0.05, 0.1) is 17.8 Å². The van der Waals surface area contributed by atoms with Crippen LogP contribution in [0.3, 0.4) is 0 Å². The molecule has 1 heterocycles. The van der Waals surface area contributed by atoms with E-state index >= 15 is 0 Å². The highest BCUT2D eigenvalue weighted by Crippen LogP contribution is 2.60. The van der Waals surface area contributed by atoms with Crippen molar-refractivity contribution in [2.45, 2.75) is 64.3 Å². The zero-order valence-corrected chi connectivity index (χ0v) is 13.8. The molecule has 0 aromatic carbocycles. The van der Waals surface area contributed by atoms with E-state index in [9.17, 15) is 14.4 Å². The van der Waals surface area contributed by atoms with Gasteiger partial charge in [0.2, 0.25) is 0 Å². The van der Waals surface area contributed by atoms with Crippen LogP contribution in [-0.4, -0.2) is 38.8 Å². The maximum absolute atomic E-state index is 12.0. The Bertz CT molecular complexity index is 444. The van der Waals surface area contributed by atoms with Crippen LogP contribution in [0.1, 0.15) is 46.5 Å². The molecule has 3 aliphatic rings. The molecule has 122 valence electrons. The van der Waals surface area contributed by atoms with E-state index in [0.29, 0.717) is 12.8 Å². The van der Waals surface area contributed by atoms with Crippen molar-refractivity contribution in [2.24, 2.45) is 23.2 Å². The Balaban J connectivity index is 2.01. The first-order valence-electron chi connectivity index (χ1n) is 7.89. The number of aliphatic hydroxyl groups excluding tert-OH is 2. The van der Waals surface area contributed by atoms with E-state index in [2.05, 4.69) is 6.92 Å². The standard InChI is InChI=1S/C15H26O5S/c1-9(8-16)10-4-6-14(2)11(17)5-7-15(3)13(14)12(10)19-21(18)20-15/h9-13,16-17H,4-8H2,1-3H3/t9-,10+,11-,12+,13?,14+,15-,21+/m1/s1. The summed E-state index contributed by atoms with van der Waals surface area (Å²) in [5.74, 6) is 0.266. The van der Waals surface area contributed by atoms with Crippen molar-refractivity contribution in [3.05, 3.63) is 0 Å². The second-order valence-corrected chi connectivity index (χ2v) is 8.33. The average molecular weight is 318 g/mol. The summed E-state index contributed by atoms with van der Waals surface area (Å²) >= 11 is -1.74. The lowest BCUT2D eigenvalue weighted by atomic mass is 9.50. The molecule has 1 unspecified atom stereocenters. The molecule has 3 rings (SSSR count). The topological polar surface area (TPSA) is 76.0 Å². The molecule has 21 heavy (non-hydrogen) atoms. The summed E-state index contributed by atoms with van der Waals surface area (Å²) in [6.45, 7) is 6.21. The number of hydrogen-bond acceptors (Lipinski definition) is 5. The van der Waals surface area contributed by atoms with Crippen molar-refractivity contribution in [2.75, 3.05) is 6.61 Å². The van der Waals surface area contributed by atoms with Gasteiger partial charge in [0.15, 0.2) is 0 Å². The first-order chi connectivity index (χ1) is 9.82. The predicted molar refractivity (Wildman–Crippen MR) is 78.3 cm³/mol. The second-order valence-electron chi connectivity index (χ2n) is 7.56. The van der Waals surface area contributed by atoms with Gasteiger partial charge in [-0.05, 0) is 44.4 Å². The molecule has 2 N–H and O–H groups in total. The minimum atomic E-state index is -1.74. The first kappa shape index (κ1) is 15.9. The highest BCUT2D eigenvalue weighted by atomic mass is 32.2. The SMILES string of the molecule is C[C@H](CO)[C@@H]1CC[C@]2(C)C3[C@H]1O[S@](=O)O[C@]3(C)CC[C@H]2O. The Hall–Kier alpha value is -0.0100. The number of rotatable bonds is 2. The van der Waals surface area contributed by atoms with Gasteiger partial charge >= 0.3 is 11.4 Å². The van der Waals surface area contributed by atoms with Crippen LogP contribution in [-0.2, 0) is 19.7 Å². The normalized spacial score (nSPS) is 54.8. The molecule has 0 bridgehead atoms. The molecule has 6 heteroatoms. The minimum Gasteiger partial charge on any atom is -0.396 e. The lowest BCUT2D eigenvalue weighted by molar-refractivity contribution is -0.224. The molecular formula is C15H26O5S. The highest BCUT2D eigenvalue weighted by Gasteiger charge is 2.64. The lowest BCUT2D eigenvalue weighted by Gasteiger charge is -2.62. The quantitative estimate of drug-likeness (QED) is 0.808. The Kier molecular flexibility index (Phi) is 3.98. The van der Waals surface area contributed by atoms with E-state index in [1.807, 2.05) is 13.8 Å². The molecule has 0 aromatic rings. The summed E-state index contributed by atoms with van der Waals surface area (Å²) in [4.78, 5) is 0. The summed E-state index contributed by atoms with van der Waals surface area (Å²) in [6.07, 6.45) is 2.54. The van der Waals surface area contributed by atoms with Gasteiger partial charge in [-0.3, -0.25) is 8.37 Å². The van der Waals surface area contributed by atoms with Crippen molar-refractivity contribution in [1.29, 1.82) is 0 Å². The fourth-order valence-electron chi connectivity index (χ4n) is 4.98. The van der Waals surface area contributed by atoms with Gasteiger partial charge in [0.25, 0.3) is 0 Å². The zero-order valence-electron chi connectivity index (χ0n) is 12.9. The molecule has 1 aliphatic heterocycles. The van der Waals surface area contributed by atoms with Crippen LogP contribution in [0.25, 0.3) is 0 Å². The molecule has 2 saturated carbocycles. The van der Waals surface area contributed by atoms with Gasteiger partial charge in [-0.2, -0.15) is 4.21 Å². The molecule has 3 fully saturated rings. The van der Waals surface area contributed by atoms with E-state index in [1.165, 1.54) is 0 Å². The van der Waals surface area contributed by atoms with Crippen LogP contribution in [0, 0.1) is 23.2 Å². The van der Waals surface area contributed by atoms with Crippen molar-refractivity contribution < 1.29 is 22.8 Å². The Labute approximate surface area is 128 Å². The molecule has 5 nitrogen and oxygen atoms in total. The van der Waals surface area contributed by atoms with Crippen LogP contribution in [0.2, 0.25) is 0 Å². The fraction of sp³-hybridized carbons (Fsp3) is 1.00. The van der Waals surface area contributed by atoms with E-state index < -0.39 is 17.0 Å². The van der Waals surface area contributed by atoms with E-state index in [1.54, 1.807) is 0 Å². The maximum Gasteiger partial charge on any atom is 0.305 e.